The Bertz CT molecular complexity index is 819. The molecule has 0 aliphatic rings. The molecule has 0 saturated carbocycles. The van der Waals surface area contributed by atoms with E-state index in [0.29, 0.717) is 18.8 Å². The molecule has 7 heteroatoms. The molecule has 0 bridgehead atoms. The van der Waals surface area contributed by atoms with Crippen molar-refractivity contribution in [2.75, 3.05) is 6.61 Å². The first-order chi connectivity index (χ1) is 12.2. The van der Waals surface area contributed by atoms with E-state index in [1.165, 1.54) is 24.5 Å². The Labute approximate surface area is 144 Å². The fourth-order valence-electron chi connectivity index (χ4n) is 2.22. The summed E-state index contributed by atoms with van der Waals surface area (Å²) in [7, 11) is 0. The SMILES string of the molecule is O=C(COc1cccc(F)c1)NCc1ccc(Cn2cncn2)cc1. The van der Waals surface area contributed by atoms with E-state index in [1.807, 2.05) is 24.3 Å². The third-order valence-corrected chi connectivity index (χ3v) is 3.49. The number of ether oxygens (including phenoxy) is 1. The number of hydrogen-bond donors (Lipinski definition) is 1. The molecule has 0 radical (unpaired) electrons. The molecule has 0 fully saturated rings. The first-order valence-corrected chi connectivity index (χ1v) is 7.74. The summed E-state index contributed by atoms with van der Waals surface area (Å²) in [4.78, 5) is 15.7. The minimum Gasteiger partial charge on any atom is -0.484 e. The average Bonchev–Trinajstić information content (AvgIpc) is 3.12. The highest BCUT2D eigenvalue weighted by atomic mass is 19.1. The number of halogens is 1. The van der Waals surface area contributed by atoms with Gasteiger partial charge in [-0.05, 0) is 23.3 Å². The van der Waals surface area contributed by atoms with Gasteiger partial charge in [0.05, 0.1) is 6.54 Å². The molecule has 0 aliphatic carbocycles. The van der Waals surface area contributed by atoms with Gasteiger partial charge in [0.15, 0.2) is 6.61 Å². The highest BCUT2D eigenvalue weighted by Crippen LogP contribution is 2.11. The molecule has 0 aliphatic heterocycles. The van der Waals surface area contributed by atoms with E-state index in [9.17, 15) is 9.18 Å². The summed E-state index contributed by atoms with van der Waals surface area (Å²) in [6, 6.07) is 13.5. The van der Waals surface area contributed by atoms with Crippen molar-refractivity contribution in [3.05, 3.63) is 78.1 Å². The molecule has 2 aromatic carbocycles. The monoisotopic (exact) mass is 340 g/mol. The quantitative estimate of drug-likeness (QED) is 0.716. The number of nitrogens with one attached hydrogen (secondary N) is 1. The number of benzene rings is 2. The van der Waals surface area contributed by atoms with Gasteiger partial charge in [-0.25, -0.2) is 14.1 Å². The van der Waals surface area contributed by atoms with E-state index in [1.54, 1.807) is 17.1 Å². The Balaban J connectivity index is 1.44. The molecular formula is C18H17FN4O2. The second-order valence-electron chi connectivity index (χ2n) is 5.43. The molecule has 6 nitrogen and oxygen atoms in total. The Hall–Kier alpha value is -3.22. The zero-order chi connectivity index (χ0) is 17.5. The molecule has 0 unspecified atom stereocenters. The lowest BCUT2D eigenvalue weighted by molar-refractivity contribution is -0.123. The second kappa shape index (κ2) is 8.05. The van der Waals surface area contributed by atoms with Gasteiger partial charge in [-0.1, -0.05) is 30.3 Å². The van der Waals surface area contributed by atoms with E-state index in [0.717, 1.165) is 11.1 Å². The predicted octanol–water partition coefficient (Wildman–Crippen LogP) is 2.16. The zero-order valence-corrected chi connectivity index (χ0v) is 13.4. The van der Waals surface area contributed by atoms with Gasteiger partial charge in [-0.2, -0.15) is 5.10 Å². The number of amides is 1. The molecule has 1 amide bonds. The summed E-state index contributed by atoms with van der Waals surface area (Å²) in [5.74, 6) is -0.340. The first kappa shape index (κ1) is 16.6. The minimum atomic E-state index is -0.399. The van der Waals surface area contributed by atoms with Gasteiger partial charge in [0.25, 0.3) is 5.91 Å². The van der Waals surface area contributed by atoms with Gasteiger partial charge in [0.2, 0.25) is 0 Å². The lowest BCUT2D eigenvalue weighted by atomic mass is 10.1. The minimum absolute atomic E-state index is 0.159. The van der Waals surface area contributed by atoms with Crippen molar-refractivity contribution < 1.29 is 13.9 Å². The van der Waals surface area contributed by atoms with E-state index in [2.05, 4.69) is 15.4 Å². The predicted molar refractivity (Wildman–Crippen MR) is 89.3 cm³/mol. The Morgan fingerprint density at radius 1 is 1.16 bits per heavy atom. The third kappa shape index (κ3) is 5.13. The van der Waals surface area contributed by atoms with Crippen molar-refractivity contribution >= 4 is 5.91 Å². The van der Waals surface area contributed by atoms with E-state index < -0.39 is 5.82 Å². The molecule has 25 heavy (non-hydrogen) atoms. The molecule has 0 atom stereocenters. The summed E-state index contributed by atoms with van der Waals surface area (Å²) in [6.07, 6.45) is 3.16. The van der Waals surface area contributed by atoms with Crippen molar-refractivity contribution in [3.8, 4) is 5.75 Å². The van der Waals surface area contributed by atoms with Crippen LogP contribution in [0.3, 0.4) is 0 Å². The van der Waals surface area contributed by atoms with Crippen molar-refractivity contribution in [1.82, 2.24) is 20.1 Å². The molecular weight excluding hydrogens is 323 g/mol. The van der Waals surface area contributed by atoms with Gasteiger partial charge in [0, 0.05) is 12.6 Å². The van der Waals surface area contributed by atoms with Crippen molar-refractivity contribution in [2.24, 2.45) is 0 Å². The number of hydrogen-bond acceptors (Lipinski definition) is 4. The van der Waals surface area contributed by atoms with Gasteiger partial charge >= 0.3 is 0 Å². The van der Waals surface area contributed by atoms with Crippen LogP contribution in [-0.2, 0) is 17.9 Å². The lowest BCUT2D eigenvalue weighted by Gasteiger charge is -2.08. The molecule has 1 heterocycles. The summed E-state index contributed by atoms with van der Waals surface area (Å²) in [5, 5.41) is 6.82. The van der Waals surface area contributed by atoms with E-state index in [4.69, 9.17) is 4.74 Å². The molecule has 0 saturated heterocycles. The van der Waals surface area contributed by atoms with Crippen molar-refractivity contribution in [3.63, 3.8) is 0 Å². The van der Waals surface area contributed by atoms with Crippen LogP contribution in [0.2, 0.25) is 0 Å². The highest BCUT2D eigenvalue weighted by molar-refractivity contribution is 5.77. The van der Waals surface area contributed by atoms with Crippen LogP contribution in [0.4, 0.5) is 4.39 Å². The maximum absolute atomic E-state index is 13.0. The molecule has 1 aromatic heterocycles. The molecule has 3 rings (SSSR count). The number of nitrogens with zero attached hydrogens (tertiary/aromatic N) is 3. The first-order valence-electron chi connectivity index (χ1n) is 7.74. The van der Waals surface area contributed by atoms with Crippen LogP contribution < -0.4 is 10.1 Å². The van der Waals surface area contributed by atoms with Gasteiger partial charge < -0.3 is 10.1 Å². The van der Waals surface area contributed by atoms with E-state index in [-0.39, 0.29) is 12.5 Å². The van der Waals surface area contributed by atoms with Crippen LogP contribution in [0.1, 0.15) is 11.1 Å². The van der Waals surface area contributed by atoms with Crippen LogP contribution in [0.5, 0.6) is 5.75 Å². The standard InChI is InChI=1S/C18H17FN4O2/c19-16-2-1-3-17(8-16)25-11-18(24)21-9-14-4-6-15(7-5-14)10-23-13-20-12-22-23/h1-8,12-13H,9-11H2,(H,21,24). The largest absolute Gasteiger partial charge is 0.484 e. The third-order valence-electron chi connectivity index (χ3n) is 3.49. The van der Waals surface area contributed by atoms with Crippen LogP contribution in [0.25, 0.3) is 0 Å². The normalized spacial score (nSPS) is 10.4. The van der Waals surface area contributed by atoms with Crippen LogP contribution in [0, 0.1) is 5.82 Å². The van der Waals surface area contributed by atoms with Crippen molar-refractivity contribution in [2.45, 2.75) is 13.1 Å². The summed E-state index contributed by atoms with van der Waals surface area (Å²) in [6.45, 7) is 0.886. The Morgan fingerprint density at radius 2 is 1.96 bits per heavy atom. The van der Waals surface area contributed by atoms with Crippen LogP contribution in [0.15, 0.2) is 61.2 Å². The number of aromatic nitrogens is 3. The maximum Gasteiger partial charge on any atom is 0.258 e. The summed E-state index contributed by atoms with van der Waals surface area (Å²) in [5.41, 5.74) is 2.07. The molecule has 0 spiro atoms. The average molecular weight is 340 g/mol. The summed E-state index contributed by atoms with van der Waals surface area (Å²) >= 11 is 0. The lowest BCUT2D eigenvalue weighted by Crippen LogP contribution is -2.28. The highest BCUT2D eigenvalue weighted by Gasteiger charge is 2.04. The molecule has 1 N–H and O–H groups in total. The van der Waals surface area contributed by atoms with Gasteiger partial charge in [-0.3, -0.25) is 4.79 Å². The number of carbonyl (C=O) groups excluding carboxylic acids is 1. The topological polar surface area (TPSA) is 69.0 Å². The second-order valence-corrected chi connectivity index (χ2v) is 5.43. The van der Waals surface area contributed by atoms with Crippen molar-refractivity contribution in [1.29, 1.82) is 0 Å². The van der Waals surface area contributed by atoms with Gasteiger partial charge in [0.1, 0.15) is 24.2 Å². The fourth-order valence-corrected chi connectivity index (χ4v) is 2.22. The van der Waals surface area contributed by atoms with Crippen LogP contribution in [-0.4, -0.2) is 27.3 Å². The molecule has 128 valence electrons. The maximum atomic E-state index is 13.0. The van der Waals surface area contributed by atoms with Gasteiger partial charge in [-0.15, -0.1) is 0 Å². The zero-order valence-electron chi connectivity index (χ0n) is 13.4. The summed E-state index contributed by atoms with van der Waals surface area (Å²) < 4.78 is 20.0. The Kier molecular flexibility index (Phi) is 5.36. The van der Waals surface area contributed by atoms with Crippen LogP contribution >= 0.6 is 0 Å². The number of rotatable bonds is 7. The smallest absolute Gasteiger partial charge is 0.258 e. The molecule has 3 aromatic rings. The van der Waals surface area contributed by atoms with E-state index >= 15 is 0 Å². The fraction of sp³-hybridized carbons (Fsp3) is 0.167. The number of carbonyl (C=O) groups is 1. The Morgan fingerprint density at radius 3 is 2.68 bits per heavy atom.